The second kappa shape index (κ2) is 5.91. The van der Waals surface area contributed by atoms with Gasteiger partial charge in [-0.25, -0.2) is 4.39 Å². The van der Waals surface area contributed by atoms with Crippen LogP contribution >= 0.6 is 11.6 Å². The molecule has 0 radical (unpaired) electrons. The standard InChI is InChI=1S/C12H17ClFN3O/c1-12(2,11(15)17-18)6-7-16-10-8(13)4-3-5-9(10)14/h3-5,16,18H,6-7H2,1-2H3,(H2,15,17). The molecule has 0 bridgehead atoms. The number of hydrogen-bond acceptors (Lipinski definition) is 3. The van der Waals surface area contributed by atoms with Gasteiger partial charge in [0.05, 0.1) is 10.7 Å². The lowest BCUT2D eigenvalue weighted by Crippen LogP contribution is -2.33. The molecule has 0 saturated heterocycles. The molecule has 0 atom stereocenters. The summed E-state index contributed by atoms with van der Waals surface area (Å²) in [6, 6.07) is 4.49. The monoisotopic (exact) mass is 273 g/mol. The quantitative estimate of drug-likeness (QED) is 0.334. The van der Waals surface area contributed by atoms with Crippen LogP contribution in [0.3, 0.4) is 0 Å². The summed E-state index contributed by atoms with van der Waals surface area (Å²) in [6.07, 6.45) is 0.577. The third kappa shape index (κ3) is 3.50. The Bertz CT molecular complexity index is 429. The number of amidine groups is 1. The Balaban J connectivity index is 2.62. The molecule has 18 heavy (non-hydrogen) atoms. The SMILES string of the molecule is CC(C)(CCNc1c(F)cccc1Cl)/C(N)=N/O. The van der Waals surface area contributed by atoms with Crippen LogP contribution in [0.2, 0.25) is 5.02 Å². The highest BCUT2D eigenvalue weighted by Crippen LogP contribution is 2.26. The largest absolute Gasteiger partial charge is 0.409 e. The van der Waals surface area contributed by atoms with Crippen molar-refractivity contribution in [1.82, 2.24) is 0 Å². The van der Waals surface area contributed by atoms with Crippen LogP contribution in [0.5, 0.6) is 0 Å². The molecule has 0 spiro atoms. The molecule has 0 fully saturated rings. The highest BCUT2D eigenvalue weighted by atomic mass is 35.5. The second-order valence-electron chi connectivity index (χ2n) is 4.64. The Labute approximate surface area is 111 Å². The number of benzene rings is 1. The number of halogens is 2. The lowest BCUT2D eigenvalue weighted by Gasteiger charge is -2.23. The maximum atomic E-state index is 13.5. The average molecular weight is 274 g/mol. The Morgan fingerprint density at radius 1 is 1.56 bits per heavy atom. The molecule has 4 N–H and O–H groups in total. The van der Waals surface area contributed by atoms with Crippen molar-refractivity contribution in [3.8, 4) is 0 Å². The first-order valence-electron chi connectivity index (χ1n) is 5.54. The van der Waals surface area contributed by atoms with Crippen molar-refractivity contribution in [3.05, 3.63) is 29.0 Å². The molecule has 0 heterocycles. The summed E-state index contributed by atoms with van der Waals surface area (Å²) in [7, 11) is 0. The summed E-state index contributed by atoms with van der Waals surface area (Å²) in [5, 5.41) is 14.9. The molecule has 1 aromatic rings. The second-order valence-corrected chi connectivity index (χ2v) is 5.05. The summed E-state index contributed by atoms with van der Waals surface area (Å²) < 4.78 is 13.5. The number of para-hydroxylation sites is 1. The molecule has 0 aromatic heterocycles. The first-order valence-corrected chi connectivity index (χ1v) is 5.92. The third-order valence-corrected chi connectivity index (χ3v) is 3.13. The van der Waals surface area contributed by atoms with Gasteiger partial charge in [-0.1, -0.05) is 36.7 Å². The minimum atomic E-state index is -0.473. The van der Waals surface area contributed by atoms with Crippen LogP contribution in [0.25, 0.3) is 0 Å². The van der Waals surface area contributed by atoms with Crippen molar-refractivity contribution >= 4 is 23.1 Å². The number of hydrogen-bond donors (Lipinski definition) is 3. The molecule has 1 aromatic carbocycles. The third-order valence-electron chi connectivity index (χ3n) is 2.82. The average Bonchev–Trinajstić information content (AvgIpc) is 2.31. The number of anilines is 1. The minimum absolute atomic E-state index is 0.143. The van der Waals surface area contributed by atoms with Crippen molar-refractivity contribution in [3.63, 3.8) is 0 Å². The van der Waals surface area contributed by atoms with E-state index >= 15 is 0 Å². The molecular weight excluding hydrogens is 257 g/mol. The predicted octanol–water partition coefficient (Wildman–Crippen LogP) is 3.05. The summed E-state index contributed by atoms with van der Waals surface area (Å²) in [4.78, 5) is 0. The number of nitrogens with one attached hydrogen (secondary N) is 1. The molecular formula is C12H17ClFN3O. The van der Waals surface area contributed by atoms with Crippen molar-refractivity contribution in [2.45, 2.75) is 20.3 Å². The zero-order chi connectivity index (χ0) is 13.8. The first-order chi connectivity index (χ1) is 8.38. The van der Waals surface area contributed by atoms with Gasteiger partial charge in [-0.2, -0.15) is 0 Å². The maximum Gasteiger partial charge on any atom is 0.147 e. The normalized spacial score (nSPS) is 12.6. The fourth-order valence-corrected chi connectivity index (χ4v) is 1.66. The van der Waals surface area contributed by atoms with Crippen LogP contribution in [0.15, 0.2) is 23.4 Å². The summed E-state index contributed by atoms with van der Waals surface area (Å²) in [5.74, 6) is -0.256. The van der Waals surface area contributed by atoms with Crippen molar-refractivity contribution < 1.29 is 9.60 Å². The Morgan fingerprint density at radius 2 is 2.22 bits per heavy atom. The highest BCUT2D eigenvalue weighted by molar-refractivity contribution is 6.33. The molecule has 0 amide bonds. The molecule has 0 aliphatic rings. The van der Waals surface area contributed by atoms with E-state index in [9.17, 15) is 4.39 Å². The van der Waals surface area contributed by atoms with Gasteiger partial charge in [-0.15, -0.1) is 0 Å². The predicted molar refractivity (Wildman–Crippen MR) is 71.7 cm³/mol. The maximum absolute atomic E-state index is 13.5. The van der Waals surface area contributed by atoms with Crippen molar-refractivity contribution in [2.24, 2.45) is 16.3 Å². The Morgan fingerprint density at radius 3 is 2.78 bits per heavy atom. The van der Waals surface area contributed by atoms with E-state index in [4.69, 9.17) is 22.5 Å². The van der Waals surface area contributed by atoms with Crippen LogP contribution in [-0.2, 0) is 0 Å². The van der Waals surface area contributed by atoms with Crippen LogP contribution in [0.1, 0.15) is 20.3 Å². The van der Waals surface area contributed by atoms with Gasteiger partial charge in [0, 0.05) is 12.0 Å². The number of nitrogens with zero attached hydrogens (tertiary/aromatic N) is 1. The van der Waals surface area contributed by atoms with Gasteiger partial charge in [0.25, 0.3) is 0 Å². The molecule has 1 rings (SSSR count). The lowest BCUT2D eigenvalue weighted by molar-refractivity contribution is 0.306. The molecule has 0 saturated carbocycles. The Hall–Kier alpha value is -1.49. The summed E-state index contributed by atoms with van der Waals surface area (Å²) in [6.45, 7) is 4.14. The highest BCUT2D eigenvalue weighted by Gasteiger charge is 2.23. The smallest absolute Gasteiger partial charge is 0.147 e. The van der Waals surface area contributed by atoms with E-state index in [-0.39, 0.29) is 11.5 Å². The van der Waals surface area contributed by atoms with Crippen LogP contribution in [0, 0.1) is 11.2 Å². The fraction of sp³-hybridized carbons (Fsp3) is 0.417. The molecule has 100 valence electrons. The van der Waals surface area contributed by atoms with E-state index in [2.05, 4.69) is 10.5 Å². The molecule has 0 unspecified atom stereocenters. The summed E-state index contributed by atoms with van der Waals surface area (Å²) >= 11 is 5.88. The van der Waals surface area contributed by atoms with Crippen LogP contribution in [0.4, 0.5) is 10.1 Å². The van der Waals surface area contributed by atoms with Gasteiger partial charge in [0.2, 0.25) is 0 Å². The van der Waals surface area contributed by atoms with E-state index in [1.165, 1.54) is 6.07 Å². The van der Waals surface area contributed by atoms with Gasteiger partial charge in [0.1, 0.15) is 11.7 Å². The van der Waals surface area contributed by atoms with E-state index < -0.39 is 11.2 Å². The van der Waals surface area contributed by atoms with E-state index in [1.807, 2.05) is 13.8 Å². The van der Waals surface area contributed by atoms with Gasteiger partial charge in [-0.05, 0) is 18.6 Å². The fourth-order valence-electron chi connectivity index (χ4n) is 1.43. The molecule has 6 heteroatoms. The molecule has 4 nitrogen and oxygen atoms in total. The molecule has 0 aliphatic heterocycles. The lowest BCUT2D eigenvalue weighted by atomic mass is 9.88. The van der Waals surface area contributed by atoms with Crippen molar-refractivity contribution in [1.29, 1.82) is 0 Å². The van der Waals surface area contributed by atoms with E-state index in [0.29, 0.717) is 18.0 Å². The van der Waals surface area contributed by atoms with Crippen LogP contribution in [-0.4, -0.2) is 17.6 Å². The zero-order valence-corrected chi connectivity index (χ0v) is 11.1. The van der Waals surface area contributed by atoms with Crippen molar-refractivity contribution in [2.75, 3.05) is 11.9 Å². The topological polar surface area (TPSA) is 70.6 Å². The van der Waals surface area contributed by atoms with E-state index in [1.54, 1.807) is 12.1 Å². The minimum Gasteiger partial charge on any atom is -0.409 e. The van der Waals surface area contributed by atoms with Gasteiger partial charge < -0.3 is 16.3 Å². The van der Waals surface area contributed by atoms with Gasteiger partial charge in [-0.3, -0.25) is 0 Å². The van der Waals surface area contributed by atoms with Gasteiger partial charge in [0.15, 0.2) is 0 Å². The van der Waals surface area contributed by atoms with E-state index in [0.717, 1.165) is 0 Å². The summed E-state index contributed by atoms with van der Waals surface area (Å²) in [5.41, 5.74) is 5.36. The van der Waals surface area contributed by atoms with Gasteiger partial charge >= 0.3 is 0 Å². The number of nitrogens with two attached hydrogens (primary N) is 1. The van der Waals surface area contributed by atoms with Crippen LogP contribution < -0.4 is 11.1 Å². The number of oxime groups is 1. The zero-order valence-electron chi connectivity index (χ0n) is 10.4. The number of rotatable bonds is 5. The molecule has 0 aliphatic carbocycles. The Kier molecular flexibility index (Phi) is 4.78. The first kappa shape index (κ1) is 14.6.